The van der Waals surface area contributed by atoms with E-state index in [0.717, 1.165) is 23.1 Å². The Balaban J connectivity index is 1.65. The van der Waals surface area contributed by atoms with E-state index in [-0.39, 0.29) is 18.2 Å². The molecule has 2 aliphatic rings. The molecule has 1 fully saturated rings. The summed E-state index contributed by atoms with van der Waals surface area (Å²) in [6, 6.07) is 18.0. The van der Waals surface area contributed by atoms with Crippen LogP contribution >= 0.6 is 0 Å². The number of rotatable bonds is 6. The topological polar surface area (TPSA) is 86.7 Å². The molecule has 160 valence electrons. The predicted molar refractivity (Wildman–Crippen MR) is 117 cm³/mol. The summed E-state index contributed by atoms with van der Waals surface area (Å²) in [5.74, 6) is -2.52. The number of hydrogen-bond donors (Lipinski definition) is 2. The van der Waals surface area contributed by atoms with Gasteiger partial charge in [0.25, 0.3) is 0 Å². The standard InChI is InChI=1S/C25H26N2O4/c1-26-22(28)15-20-23(29)27(21-9-5-6-14-25(20,21)24(30)31)16-17-10-12-19(13-11-17)18-7-3-2-4-8-18/h2-4,7-13,20H,5-6,14-16H2,1H3,(H,26,28)(H,30,31)/t20-,25-/m1/s1. The number of nitrogens with zero attached hydrogens (tertiary/aromatic N) is 1. The number of carbonyl (C=O) groups excluding carboxylic acids is 2. The molecule has 2 N–H and O–H groups in total. The van der Waals surface area contributed by atoms with Crippen LogP contribution in [0.1, 0.15) is 31.2 Å². The number of carbonyl (C=O) groups is 3. The summed E-state index contributed by atoms with van der Waals surface area (Å²) in [6.45, 7) is 0.291. The molecule has 1 saturated heterocycles. The number of fused-ring (bicyclic) bond motifs is 1. The molecule has 0 radical (unpaired) electrons. The lowest BCUT2D eigenvalue weighted by Crippen LogP contribution is -2.41. The fraction of sp³-hybridized carbons (Fsp3) is 0.320. The Morgan fingerprint density at radius 1 is 1.10 bits per heavy atom. The van der Waals surface area contributed by atoms with Gasteiger partial charge in [-0.2, -0.15) is 0 Å². The average Bonchev–Trinajstić information content (AvgIpc) is 3.04. The van der Waals surface area contributed by atoms with Crippen LogP contribution in [-0.2, 0) is 20.9 Å². The van der Waals surface area contributed by atoms with Gasteiger partial charge in [0.2, 0.25) is 11.8 Å². The maximum atomic E-state index is 13.4. The Kier molecular flexibility index (Phi) is 5.63. The van der Waals surface area contributed by atoms with Crippen molar-refractivity contribution in [1.82, 2.24) is 10.2 Å². The Morgan fingerprint density at radius 2 is 1.77 bits per heavy atom. The van der Waals surface area contributed by atoms with E-state index < -0.39 is 17.3 Å². The second-order valence-electron chi connectivity index (χ2n) is 8.18. The molecule has 1 aliphatic heterocycles. The first-order chi connectivity index (χ1) is 15.0. The highest BCUT2D eigenvalue weighted by Gasteiger charge is 2.61. The van der Waals surface area contributed by atoms with Crippen molar-refractivity contribution in [3.63, 3.8) is 0 Å². The normalized spacial score (nSPS) is 22.6. The van der Waals surface area contributed by atoms with Crippen molar-refractivity contribution in [1.29, 1.82) is 0 Å². The third-order valence-electron chi connectivity index (χ3n) is 6.47. The second-order valence-corrected chi connectivity index (χ2v) is 8.18. The van der Waals surface area contributed by atoms with Crippen LogP contribution in [0.25, 0.3) is 11.1 Å². The van der Waals surface area contributed by atoms with Gasteiger partial charge in [-0.3, -0.25) is 14.4 Å². The number of benzene rings is 2. The third kappa shape index (κ3) is 3.63. The van der Waals surface area contributed by atoms with E-state index in [0.29, 0.717) is 25.1 Å². The summed E-state index contributed by atoms with van der Waals surface area (Å²) in [7, 11) is 1.50. The molecule has 0 aromatic heterocycles. The van der Waals surface area contributed by atoms with Crippen LogP contribution in [0.2, 0.25) is 0 Å². The van der Waals surface area contributed by atoms with Gasteiger partial charge in [0.15, 0.2) is 0 Å². The van der Waals surface area contributed by atoms with Crippen LogP contribution in [0.3, 0.4) is 0 Å². The second kappa shape index (κ2) is 8.38. The lowest BCUT2D eigenvalue weighted by atomic mass is 9.68. The highest BCUT2D eigenvalue weighted by Crippen LogP contribution is 2.53. The van der Waals surface area contributed by atoms with E-state index in [1.54, 1.807) is 4.90 Å². The fourth-order valence-electron chi connectivity index (χ4n) is 4.84. The van der Waals surface area contributed by atoms with Crippen LogP contribution in [0.5, 0.6) is 0 Å². The van der Waals surface area contributed by atoms with E-state index in [1.165, 1.54) is 7.05 Å². The molecule has 31 heavy (non-hydrogen) atoms. The number of carboxylic acids is 1. The van der Waals surface area contributed by atoms with Crippen molar-refractivity contribution in [2.24, 2.45) is 11.3 Å². The van der Waals surface area contributed by atoms with Crippen LogP contribution in [-0.4, -0.2) is 34.8 Å². The number of likely N-dealkylation sites (tertiary alicyclic amines) is 1. The van der Waals surface area contributed by atoms with Gasteiger partial charge < -0.3 is 15.3 Å². The van der Waals surface area contributed by atoms with Crippen molar-refractivity contribution in [2.75, 3.05) is 7.05 Å². The molecule has 1 aliphatic carbocycles. The molecule has 6 heteroatoms. The monoisotopic (exact) mass is 418 g/mol. The highest BCUT2D eigenvalue weighted by atomic mass is 16.4. The van der Waals surface area contributed by atoms with Gasteiger partial charge in [-0.15, -0.1) is 0 Å². The molecule has 1 heterocycles. The molecule has 0 spiro atoms. The van der Waals surface area contributed by atoms with Gasteiger partial charge in [0.05, 0.1) is 12.5 Å². The molecule has 2 aromatic carbocycles. The Bertz CT molecular complexity index is 1030. The lowest BCUT2D eigenvalue weighted by molar-refractivity contribution is -0.152. The number of amides is 2. The van der Waals surface area contributed by atoms with Crippen LogP contribution in [0.4, 0.5) is 0 Å². The van der Waals surface area contributed by atoms with E-state index in [9.17, 15) is 19.5 Å². The van der Waals surface area contributed by atoms with E-state index in [1.807, 2.05) is 60.7 Å². The molecule has 2 atom stereocenters. The minimum Gasteiger partial charge on any atom is -0.481 e. The summed E-state index contributed by atoms with van der Waals surface area (Å²) in [6.07, 6.45) is 3.53. The first kappa shape index (κ1) is 20.8. The van der Waals surface area contributed by atoms with Crippen LogP contribution < -0.4 is 5.32 Å². The van der Waals surface area contributed by atoms with Crippen LogP contribution in [0, 0.1) is 11.3 Å². The molecule has 2 amide bonds. The zero-order chi connectivity index (χ0) is 22.0. The maximum Gasteiger partial charge on any atom is 0.316 e. The van der Waals surface area contributed by atoms with Gasteiger partial charge in [-0.1, -0.05) is 60.7 Å². The average molecular weight is 418 g/mol. The molecule has 6 nitrogen and oxygen atoms in total. The number of hydrogen-bond acceptors (Lipinski definition) is 3. The minimum atomic E-state index is -1.33. The van der Waals surface area contributed by atoms with Gasteiger partial charge in [0.1, 0.15) is 5.41 Å². The molecule has 0 saturated carbocycles. The fourth-order valence-corrected chi connectivity index (χ4v) is 4.84. The predicted octanol–water partition coefficient (Wildman–Crippen LogP) is 3.59. The lowest BCUT2D eigenvalue weighted by Gasteiger charge is -2.33. The van der Waals surface area contributed by atoms with E-state index in [2.05, 4.69) is 5.32 Å². The van der Waals surface area contributed by atoms with Crippen LogP contribution in [0.15, 0.2) is 66.4 Å². The summed E-state index contributed by atoms with van der Waals surface area (Å²) in [5, 5.41) is 12.7. The smallest absolute Gasteiger partial charge is 0.316 e. The molecular formula is C25H26N2O4. The first-order valence-corrected chi connectivity index (χ1v) is 10.6. The number of aliphatic carboxylic acids is 1. The molecule has 2 aromatic rings. The maximum absolute atomic E-state index is 13.4. The quantitative estimate of drug-likeness (QED) is 0.751. The van der Waals surface area contributed by atoms with E-state index >= 15 is 0 Å². The van der Waals surface area contributed by atoms with E-state index in [4.69, 9.17) is 0 Å². The summed E-state index contributed by atoms with van der Waals surface area (Å²) >= 11 is 0. The number of carboxylic acid groups (broad SMARTS) is 1. The molecule has 0 bridgehead atoms. The molecule has 0 unspecified atom stereocenters. The number of nitrogens with one attached hydrogen (secondary N) is 1. The van der Waals surface area contributed by atoms with Gasteiger partial charge in [-0.25, -0.2) is 0 Å². The molecular weight excluding hydrogens is 392 g/mol. The molecule has 4 rings (SSSR count). The van der Waals surface area contributed by atoms with Gasteiger partial charge >= 0.3 is 5.97 Å². The van der Waals surface area contributed by atoms with Crippen molar-refractivity contribution in [3.8, 4) is 11.1 Å². The Morgan fingerprint density at radius 3 is 2.42 bits per heavy atom. The minimum absolute atomic E-state index is 0.123. The SMILES string of the molecule is CNC(=O)C[C@@H]1C(=O)N(Cc2ccc(-c3ccccc3)cc2)C2=CCCC[C@]21C(=O)O. The largest absolute Gasteiger partial charge is 0.481 e. The van der Waals surface area contributed by atoms with Gasteiger partial charge in [0, 0.05) is 19.2 Å². The highest BCUT2D eigenvalue weighted by molar-refractivity contribution is 5.98. The summed E-state index contributed by atoms with van der Waals surface area (Å²) in [4.78, 5) is 39.5. The summed E-state index contributed by atoms with van der Waals surface area (Å²) < 4.78 is 0. The Labute approximate surface area is 181 Å². The van der Waals surface area contributed by atoms with Crippen molar-refractivity contribution in [3.05, 3.63) is 71.9 Å². The first-order valence-electron chi connectivity index (χ1n) is 10.6. The zero-order valence-electron chi connectivity index (χ0n) is 17.5. The van der Waals surface area contributed by atoms with Crippen molar-refractivity contribution >= 4 is 17.8 Å². The zero-order valence-corrected chi connectivity index (χ0v) is 17.5. The number of allylic oxidation sites excluding steroid dienone is 1. The van der Waals surface area contributed by atoms with Crippen molar-refractivity contribution < 1.29 is 19.5 Å². The van der Waals surface area contributed by atoms with Gasteiger partial charge in [-0.05, 0) is 36.0 Å². The summed E-state index contributed by atoms with van der Waals surface area (Å²) in [5.41, 5.74) is 2.31. The Hall–Kier alpha value is -3.41. The third-order valence-corrected chi connectivity index (χ3v) is 6.47. The van der Waals surface area contributed by atoms with Crippen molar-refractivity contribution in [2.45, 2.75) is 32.2 Å².